The minimum absolute atomic E-state index is 1.53. The van der Waals surface area contributed by atoms with Crippen LogP contribution < -0.4 is 0 Å². The van der Waals surface area contributed by atoms with Crippen LogP contribution in [0.4, 0.5) is 0 Å². The molecule has 1 heterocycles. The number of hydrogen-bond donors (Lipinski definition) is 0. The van der Waals surface area contributed by atoms with Crippen molar-refractivity contribution in [2.45, 2.75) is 0 Å². The summed E-state index contributed by atoms with van der Waals surface area (Å²) < 4.78 is 4.40. The molecule has 1 aromatic heterocycles. The fourth-order valence-corrected chi connectivity index (χ4v) is 0.352. The first-order valence-corrected chi connectivity index (χ1v) is 2.47. The van der Waals surface area contributed by atoms with E-state index in [2.05, 4.69) is 21.2 Å². The second kappa shape index (κ2) is 3.60. The van der Waals surface area contributed by atoms with Gasteiger partial charge in [-0.05, 0) is 12.1 Å². The van der Waals surface area contributed by atoms with Gasteiger partial charge in [0.15, 0.2) is 0 Å². The molecule has 0 bridgehead atoms. The summed E-state index contributed by atoms with van der Waals surface area (Å²) in [4.78, 5) is 0. The van der Waals surface area contributed by atoms with Crippen molar-refractivity contribution in [3.63, 3.8) is 0 Å². The smallest absolute Gasteiger partial charge is 0.205 e. The SMILES string of the molecule is [c]1cccccnno1. The van der Waals surface area contributed by atoms with Gasteiger partial charge in [-0.25, -0.2) is 0 Å². The minimum Gasteiger partial charge on any atom is -0.335 e. The Morgan fingerprint density at radius 2 is 2.22 bits per heavy atom. The maximum Gasteiger partial charge on any atom is 0.205 e. The largest absolute Gasteiger partial charge is 0.335 e. The third-order valence-electron chi connectivity index (χ3n) is 0.680. The monoisotopic (exact) mass is 121 g/mol. The van der Waals surface area contributed by atoms with Gasteiger partial charge in [0.05, 0.1) is 6.20 Å². The number of rotatable bonds is 0. The lowest BCUT2D eigenvalue weighted by atomic mass is 10.5. The number of nitrogens with zero attached hydrogens (tertiary/aromatic N) is 2. The number of aromatic nitrogens is 2. The third-order valence-corrected chi connectivity index (χ3v) is 0.680. The van der Waals surface area contributed by atoms with Crippen LogP contribution in [0.3, 0.4) is 0 Å². The van der Waals surface area contributed by atoms with Gasteiger partial charge in [-0.1, -0.05) is 12.1 Å². The molecule has 45 valence electrons. The molecule has 0 saturated carbocycles. The zero-order valence-electron chi connectivity index (χ0n) is 4.69. The molecule has 0 amide bonds. The van der Waals surface area contributed by atoms with Crippen LogP contribution in [0.15, 0.2) is 35.0 Å². The van der Waals surface area contributed by atoms with Crippen LogP contribution in [0.25, 0.3) is 0 Å². The van der Waals surface area contributed by atoms with Crippen molar-refractivity contribution in [3.05, 3.63) is 36.7 Å². The van der Waals surface area contributed by atoms with Crippen LogP contribution in [0, 0.1) is 6.26 Å². The summed E-state index contributed by atoms with van der Waals surface area (Å²) >= 11 is 0. The van der Waals surface area contributed by atoms with Crippen molar-refractivity contribution in [2.75, 3.05) is 0 Å². The van der Waals surface area contributed by atoms with Gasteiger partial charge in [-0.3, -0.25) is 0 Å². The zero-order valence-corrected chi connectivity index (χ0v) is 4.69. The van der Waals surface area contributed by atoms with Gasteiger partial charge in [0, 0.05) is 5.27 Å². The van der Waals surface area contributed by atoms with E-state index in [9.17, 15) is 0 Å². The summed E-state index contributed by atoms with van der Waals surface area (Å²) in [6.45, 7) is 0. The zero-order chi connectivity index (χ0) is 6.36. The average molecular weight is 121 g/mol. The van der Waals surface area contributed by atoms with E-state index >= 15 is 0 Å². The van der Waals surface area contributed by atoms with Crippen molar-refractivity contribution < 1.29 is 4.52 Å². The fraction of sp³-hybridized carbons (Fsp3) is 0. The molecule has 0 fully saturated rings. The normalized spacial score (nSPS) is 8.00. The van der Waals surface area contributed by atoms with Gasteiger partial charge in [0.2, 0.25) is 6.26 Å². The summed E-state index contributed by atoms with van der Waals surface area (Å²) in [5, 5.41) is 6.73. The predicted molar refractivity (Wildman–Crippen MR) is 30.8 cm³/mol. The highest BCUT2D eigenvalue weighted by Gasteiger charge is 1.61. The van der Waals surface area contributed by atoms with E-state index in [4.69, 9.17) is 0 Å². The van der Waals surface area contributed by atoms with Crippen LogP contribution in [-0.4, -0.2) is 10.4 Å². The molecule has 0 saturated heterocycles. The molecule has 0 spiro atoms. The highest BCUT2D eigenvalue weighted by atomic mass is 16.5. The summed E-state index contributed by atoms with van der Waals surface area (Å²) in [5.74, 6) is 0. The summed E-state index contributed by atoms with van der Waals surface area (Å²) in [7, 11) is 0. The van der Waals surface area contributed by atoms with Crippen LogP contribution in [0.1, 0.15) is 0 Å². The third kappa shape index (κ3) is 2.43. The molecule has 0 aliphatic carbocycles. The first-order chi connectivity index (χ1) is 4.50. The van der Waals surface area contributed by atoms with Gasteiger partial charge >= 0.3 is 0 Å². The Bertz CT molecular complexity index is 133. The first kappa shape index (κ1) is 5.75. The molecule has 0 aromatic carbocycles. The molecule has 0 aliphatic rings. The topological polar surface area (TPSA) is 38.9 Å². The molecular formula is C6H5N2O. The van der Waals surface area contributed by atoms with E-state index in [0.717, 1.165) is 0 Å². The van der Waals surface area contributed by atoms with E-state index in [0.29, 0.717) is 0 Å². The molecule has 0 atom stereocenters. The molecule has 0 aliphatic heterocycles. The predicted octanol–water partition coefficient (Wildman–Crippen LogP) is 0.994. The Kier molecular flexibility index (Phi) is 2.30. The summed E-state index contributed by atoms with van der Waals surface area (Å²) in [5.41, 5.74) is 0. The number of hydrogen-bond acceptors (Lipinski definition) is 3. The molecule has 0 unspecified atom stereocenters. The Morgan fingerprint density at radius 3 is 3.22 bits per heavy atom. The van der Waals surface area contributed by atoms with E-state index in [-0.39, 0.29) is 0 Å². The molecular weight excluding hydrogens is 116 g/mol. The van der Waals surface area contributed by atoms with E-state index in [1.54, 1.807) is 24.3 Å². The van der Waals surface area contributed by atoms with Crippen molar-refractivity contribution in [3.8, 4) is 0 Å². The Balaban J connectivity index is 3.04. The first-order valence-electron chi connectivity index (χ1n) is 2.47. The quantitative estimate of drug-likeness (QED) is 0.513. The average Bonchev–Trinajstić information content (AvgIpc) is 2.00. The van der Waals surface area contributed by atoms with Crippen molar-refractivity contribution in [1.82, 2.24) is 10.4 Å². The van der Waals surface area contributed by atoms with Gasteiger partial charge < -0.3 is 4.52 Å². The van der Waals surface area contributed by atoms with Crippen molar-refractivity contribution >= 4 is 0 Å². The van der Waals surface area contributed by atoms with Gasteiger partial charge in [0.1, 0.15) is 0 Å². The lowest BCUT2D eigenvalue weighted by molar-refractivity contribution is 0.361. The second-order valence-corrected chi connectivity index (χ2v) is 1.30. The van der Waals surface area contributed by atoms with E-state index < -0.39 is 0 Å². The minimum atomic E-state index is 1.53. The fourth-order valence-electron chi connectivity index (χ4n) is 0.352. The lowest BCUT2D eigenvalue weighted by Gasteiger charge is -1.60. The van der Waals surface area contributed by atoms with Gasteiger partial charge in [-0.15, -0.1) is 5.10 Å². The standard InChI is InChI=1S/C6H5N2O/c1-2-4-6-9-8-7-5-3-1/h1-5H. The van der Waals surface area contributed by atoms with Crippen molar-refractivity contribution in [1.29, 1.82) is 0 Å². The van der Waals surface area contributed by atoms with E-state index in [1.165, 1.54) is 6.20 Å². The maximum atomic E-state index is 4.40. The highest BCUT2D eigenvalue weighted by molar-refractivity contribution is 4.85. The summed E-state index contributed by atoms with van der Waals surface area (Å²) in [6, 6.07) is 6.93. The lowest BCUT2D eigenvalue weighted by Crippen LogP contribution is -1.64. The van der Waals surface area contributed by atoms with E-state index in [1.807, 2.05) is 0 Å². The Hall–Kier alpha value is -1.38. The molecule has 1 radical (unpaired) electrons. The molecule has 0 N–H and O–H groups in total. The second-order valence-electron chi connectivity index (χ2n) is 1.30. The molecule has 9 heavy (non-hydrogen) atoms. The Labute approximate surface area is 52.6 Å². The highest BCUT2D eigenvalue weighted by Crippen LogP contribution is 1.72. The molecule has 1 rings (SSSR count). The van der Waals surface area contributed by atoms with Crippen LogP contribution in [0.5, 0.6) is 0 Å². The molecule has 3 nitrogen and oxygen atoms in total. The van der Waals surface area contributed by atoms with Crippen LogP contribution in [0.2, 0.25) is 0 Å². The maximum absolute atomic E-state index is 4.40. The van der Waals surface area contributed by atoms with Crippen molar-refractivity contribution in [2.24, 2.45) is 0 Å². The van der Waals surface area contributed by atoms with Gasteiger partial charge in [0.25, 0.3) is 0 Å². The van der Waals surface area contributed by atoms with Crippen LogP contribution in [-0.2, 0) is 0 Å². The summed E-state index contributed by atoms with van der Waals surface area (Å²) in [6.07, 6.45) is 3.94. The molecule has 1 aromatic rings. The Morgan fingerprint density at radius 1 is 1.22 bits per heavy atom. The van der Waals surface area contributed by atoms with Gasteiger partial charge in [-0.2, -0.15) is 0 Å². The van der Waals surface area contributed by atoms with Crippen LogP contribution >= 0.6 is 0 Å². The molecule has 3 heteroatoms.